The van der Waals surface area contributed by atoms with Gasteiger partial charge in [0.15, 0.2) is 0 Å². The van der Waals surface area contributed by atoms with Crippen LogP contribution >= 0.6 is 0 Å². The molecule has 7 nitrogen and oxygen atoms in total. The first-order valence-electron chi connectivity index (χ1n) is 6.61. The lowest BCUT2D eigenvalue weighted by Gasteiger charge is -2.20. The summed E-state index contributed by atoms with van der Waals surface area (Å²) in [6.45, 7) is 7.29. The molecule has 0 amide bonds. The van der Waals surface area contributed by atoms with Crippen LogP contribution in [0.5, 0.6) is 0 Å². The van der Waals surface area contributed by atoms with E-state index in [1.165, 1.54) is 0 Å². The minimum atomic E-state index is -0.316. The molecule has 1 atom stereocenters. The first-order valence-corrected chi connectivity index (χ1v) is 6.61. The number of likely N-dealkylation sites (N-methyl/N-ethyl adjacent to an activating group) is 1. The van der Waals surface area contributed by atoms with Gasteiger partial charge in [-0.05, 0) is 34.2 Å². The van der Waals surface area contributed by atoms with Gasteiger partial charge in [-0.25, -0.2) is 4.68 Å². The van der Waals surface area contributed by atoms with Crippen molar-refractivity contribution in [1.29, 1.82) is 0 Å². The number of nitrogens with zero attached hydrogens (tertiary/aromatic N) is 4. The summed E-state index contributed by atoms with van der Waals surface area (Å²) in [6, 6.07) is 0.492. The number of aromatic nitrogens is 2. The van der Waals surface area contributed by atoms with Crippen LogP contribution in [0.2, 0.25) is 0 Å². The van der Waals surface area contributed by atoms with Gasteiger partial charge in [0.1, 0.15) is 5.69 Å². The smallest absolute Gasteiger partial charge is 0.333 e. The minimum absolute atomic E-state index is 0.107. The molecule has 1 saturated heterocycles. The Kier molecular flexibility index (Phi) is 3.75. The van der Waals surface area contributed by atoms with E-state index < -0.39 is 0 Å². The Bertz CT molecular complexity index is 483. The van der Waals surface area contributed by atoms with Crippen LogP contribution in [0, 0.1) is 17.0 Å². The number of nitro groups is 1. The summed E-state index contributed by atoms with van der Waals surface area (Å²) in [5.74, 6) is 0.648. The molecular formula is C12H21N5O2. The fourth-order valence-electron chi connectivity index (χ4n) is 2.58. The highest BCUT2D eigenvalue weighted by atomic mass is 16.6. The quantitative estimate of drug-likeness (QED) is 0.660. The maximum absolute atomic E-state index is 11.3. The second kappa shape index (κ2) is 5.16. The zero-order valence-corrected chi connectivity index (χ0v) is 11.9. The van der Waals surface area contributed by atoms with E-state index in [1.807, 2.05) is 20.9 Å². The van der Waals surface area contributed by atoms with Crippen molar-refractivity contribution in [2.45, 2.75) is 39.3 Å². The van der Waals surface area contributed by atoms with Gasteiger partial charge in [-0.15, -0.1) is 0 Å². The average molecular weight is 267 g/mol. The largest absolute Gasteiger partial charge is 0.349 e. The molecule has 19 heavy (non-hydrogen) atoms. The van der Waals surface area contributed by atoms with Crippen LogP contribution < -0.4 is 10.2 Å². The Morgan fingerprint density at radius 2 is 2.21 bits per heavy atom. The van der Waals surface area contributed by atoms with Gasteiger partial charge in [0, 0.05) is 25.2 Å². The molecule has 1 aromatic rings. The molecule has 1 aliphatic rings. The van der Waals surface area contributed by atoms with Crippen molar-refractivity contribution in [3.8, 4) is 0 Å². The van der Waals surface area contributed by atoms with Gasteiger partial charge in [0.05, 0.1) is 4.92 Å². The topological polar surface area (TPSA) is 76.2 Å². The van der Waals surface area contributed by atoms with Gasteiger partial charge in [-0.2, -0.15) is 5.10 Å². The Morgan fingerprint density at radius 3 is 2.68 bits per heavy atom. The van der Waals surface area contributed by atoms with E-state index in [0.29, 0.717) is 17.6 Å². The van der Waals surface area contributed by atoms with Crippen molar-refractivity contribution in [2.75, 3.05) is 25.0 Å². The normalized spacial score (nSPS) is 19.4. The zero-order valence-electron chi connectivity index (χ0n) is 11.9. The van der Waals surface area contributed by atoms with Gasteiger partial charge < -0.3 is 10.2 Å². The van der Waals surface area contributed by atoms with Gasteiger partial charge in [0.2, 0.25) is 5.82 Å². The highest BCUT2D eigenvalue weighted by Crippen LogP contribution is 2.35. The lowest BCUT2D eigenvalue weighted by atomic mass is 10.3. The fourth-order valence-corrected chi connectivity index (χ4v) is 2.58. The van der Waals surface area contributed by atoms with Crippen molar-refractivity contribution < 1.29 is 4.92 Å². The van der Waals surface area contributed by atoms with Crippen molar-refractivity contribution >= 4 is 11.5 Å². The highest BCUT2D eigenvalue weighted by molar-refractivity contribution is 5.62. The van der Waals surface area contributed by atoms with Crippen LogP contribution in [0.15, 0.2) is 0 Å². The van der Waals surface area contributed by atoms with E-state index in [-0.39, 0.29) is 16.7 Å². The monoisotopic (exact) mass is 267 g/mol. The third-order valence-electron chi connectivity index (χ3n) is 3.60. The minimum Gasteiger partial charge on any atom is -0.349 e. The molecule has 0 saturated carbocycles. The van der Waals surface area contributed by atoms with E-state index in [9.17, 15) is 10.1 Å². The summed E-state index contributed by atoms with van der Waals surface area (Å²) in [5, 5.41) is 18.9. The molecular weight excluding hydrogens is 246 g/mol. The summed E-state index contributed by atoms with van der Waals surface area (Å²) >= 11 is 0. The molecule has 1 aliphatic heterocycles. The second-order valence-corrected chi connectivity index (χ2v) is 5.27. The summed E-state index contributed by atoms with van der Waals surface area (Å²) in [6.07, 6.45) is 0.996. The molecule has 1 fully saturated rings. The van der Waals surface area contributed by atoms with Crippen LogP contribution in [0.1, 0.15) is 32.0 Å². The number of nitrogens with one attached hydrogen (secondary N) is 1. The van der Waals surface area contributed by atoms with E-state index >= 15 is 0 Å². The second-order valence-electron chi connectivity index (χ2n) is 5.27. The summed E-state index contributed by atoms with van der Waals surface area (Å²) in [5.41, 5.74) is 0.632. The van der Waals surface area contributed by atoms with E-state index in [2.05, 4.69) is 15.3 Å². The van der Waals surface area contributed by atoms with Gasteiger partial charge in [-0.3, -0.25) is 10.1 Å². The number of hydrogen-bond acceptors (Lipinski definition) is 5. The molecule has 106 valence electrons. The molecule has 1 N–H and O–H groups in total. The standard InChI is InChI=1S/C12H21N5O2/c1-8(2)16-12(11(17(18)19)9(3)14-16)15-6-5-10(7-15)13-4/h8,10,13H,5-7H2,1-4H3. The van der Waals surface area contributed by atoms with E-state index in [4.69, 9.17) is 0 Å². The first-order chi connectivity index (χ1) is 8.95. The van der Waals surface area contributed by atoms with Crippen LogP contribution in [0.3, 0.4) is 0 Å². The Hall–Kier alpha value is -1.63. The fraction of sp³-hybridized carbons (Fsp3) is 0.750. The molecule has 0 aromatic carbocycles. The molecule has 0 spiro atoms. The van der Waals surface area contributed by atoms with E-state index in [1.54, 1.807) is 11.6 Å². The number of hydrogen-bond donors (Lipinski definition) is 1. The third-order valence-corrected chi connectivity index (χ3v) is 3.60. The molecule has 2 rings (SSSR count). The molecule has 2 heterocycles. The maximum atomic E-state index is 11.3. The van der Waals surface area contributed by atoms with Crippen LogP contribution in [-0.4, -0.2) is 40.9 Å². The molecule has 0 radical (unpaired) electrons. The zero-order chi connectivity index (χ0) is 14.2. The molecule has 1 unspecified atom stereocenters. The van der Waals surface area contributed by atoms with Crippen molar-refractivity contribution in [3.63, 3.8) is 0 Å². The average Bonchev–Trinajstić information content (AvgIpc) is 2.91. The number of aryl methyl sites for hydroxylation is 1. The molecule has 0 aliphatic carbocycles. The van der Waals surface area contributed by atoms with Gasteiger partial charge in [0.25, 0.3) is 0 Å². The highest BCUT2D eigenvalue weighted by Gasteiger charge is 2.34. The number of rotatable bonds is 4. The summed E-state index contributed by atoms with van der Waals surface area (Å²) in [4.78, 5) is 13.0. The predicted molar refractivity (Wildman–Crippen MR) is 73.7 cm³/mol. The van der Waals surface area contributed by atoms with Crippen molar-refractivity contribution in [1.82, 2.24) is 15.1 Å². The third kappa shape index (κ3) is 2.42. The Labute approximate surface area is 112 Å². The van der Waals surface area contributed by atoms with Crippen LogP contribution in [-0.2, 0) is 0 Å². The lowest BCUT2D eigenvalue weighted by molar-refractivity contribution is -0.384. The summed E-state index contributed by atoms with van der Waals surface area (Å²) in [7, 11) is 1.92. The molecule has 1 aromatic heterocycles. The SMILES string of the molecule is CNC1CCN(c2c([N+](=O)[O-])c(C)nn2C(C)C)C1. The summed E-state index contributed by atoms with van der Waals surface area (Å²) < 4.78 is 1.77. The van der Waals surface area contributed by atoms with Gasteiger partial charge >= 0.3 is 5.69 Å². The number of anilines is 1. The van der Waals surface area contributed by atoms with Gasteiger partial charge in [-0.1, -0.05) is 0 Å². The molecule has 7 heteroatoms. The van der Waals surface area contributed by atoms with Crippen LogP contribution in [0.4, 0.5) is 11.5 Å². The Morgan fingerprint density at radius 1 is 1.53 bits per heavy atom. The first kappa shape index (κ1) is 13.8. The predicted octanol–water partition coefficient (Wildman–Crippen LogP) is 1.48. The lowest BCUT2D eigenvalue weighted by Crippen LogP contribution is -2.31. The van der Waals surface area contributed by atoms with E-state index in [0.717, 1.165) is 19.5 Å². The van der Waals surface area contributed by atoms with Crippen molar-refractivity contribution in [3.05, 3.63) is 15.8 Å². The maximum Gasteiger partial charge on any atom is 0.333 e. The molecule has 0 bridgehead atoms. The van der Waals surface area contributed by atoms with Crippen molar-refractivity contribution in [2.24, 2.45) is 0 Å². The van der Waals surface area contributed by atoms with Crippen LogP contribution in [0.25, 0.3) is 0 Å². The Balaban J connectivity index is 2.45.